The van der Waals surface area contributed by atoms with Gasteiger partial charge >= 0.3 is 0 Å². The molecule has 35 heavy (non-hydrogen) atoms. The zero-order valence-electron chi connectivity index (χ0n) is 20.1. The standard InChI is InChI=1S/C28H32N4O3/c1-34-22-10-8-21(9-11-22)25(26-18-29-27-7-3-2-6-24(26)27)17-30-28(33)20-32-14-12-31(13-15-32)19-23-5-4-16-35-23/h2-11,16,18,25,29H,12-15,17,19-20H2,1H3,(H,30,33)/t25-/m0/s1. The minimum atomic E-state index is 0.0335. The van der Waals surface area contributed by atoms with E-state index in [1.807, 2.05) is 30.3 Å². The maximum atomic E-state index is 12.9. The number of aromatic amines is 1. The Labute approximate surface area is 205 Å². The molecule has 0 bridgehead atoms. The first kappa shape index (κ1) is 23.2. The first-order valence-electron chi connectivity index (χ1n) is 12.1. The molecule has 2 aromatic carbocycles. The molecule has 1 aliphatic rings. The molecule has 1 amide bonds. The number of rotatable bonds is 9. The van der Waals surface area contributed by atoms with Crippen LogP contribution in [-0.4, -0.2) is 67.1 Å². The monoisotopic (exact) mass is 472 g/mol. The lowest BCUT2D eigenvalue weighted by molar-refractivity contribution is -0.122. The number of methoxy groups -OCH3 is 1. The number of carbonyl (C=O) groups excluding carboxylic acids is 1. The van der Waals surface area contributed by atoms with Crippen LogP contribution in [0.5, 0.6) is 5.75 Å². The van der Waals surface area contributed by atoms with E-state index in [0.29, 0.717) is 13.1 Å². The van der Waals surface area contributed by atoms with Crippen molar-refractivity contribution in [1.29, 1.82) is 0 Å². The summed E-state index contributed by atoms with van der Waals surface area (Å²) in [4.78, 5) is 20.9. The van der Waals surface area contributed by atoms with Crippen LogP contribution in [0.15, 0.2) is 77.5 Å². The normalized spacial score (nSPS) is 15.8. The molecule has 1 aliphatic heterocycles. The van der Waals surface area contributed by atoms with E-state index in [0.717, 1.165) is 55.3 Å². The number of fused-ring (bicyclic) bond motifs is 1. The number of amides is 1. The summed E-state index contributed by atoms with van der Waals surface area (Å²) in [7, 11) is 1.67. The minimum absolute atomic E-state index is 0.0335. The van der Waals surface area contributed by atoms with Crippen molar-refractivity contribution in [2.45, 2.75) is 12.5 Å². The van der Waals surface area contributed by atoms with E-state index in [1.54, 1.807) is 13.4 Å². The summed E-state index contributed by atoms with van der Waals surface area (Å²) in [5.41, 5.74) is 3.42. The molecule has 0 unspecified atom stereocenters. The fraction of sp³-hybridized carbons (Fsp3) is 0.321. The van der Waals surface area contributed by atoms with Gasteiger partial charge in [0.15, 0.2) is 0 Å². The summed E-state index contributed by atoms with van der Waals surface area (Å²) in [5.74, 6) is 1.90. The minimum Gasteiger partial charge on any atom is -0.497 e. The molecule has 0 radical (unpaired) electrons. The van der Waals surface area contributed by atoms with Gasteiger partial charge in [0.2, 0.25) is 5.91 Å². The molecular formula is C28H32N4O3. The Morgan fingerprint density at radius 2 is 1.80 bits per heavy atom. The molecule has 4 aromatic rings. The topological polar surface area (TPSA) is 73.7 Å². The number of carbonyl (C=O) groups is 1. The third-order valence-electron chi connectivity index (χ3n) is 6.81. The molecule has 0 spiro atoms. The molecule has 182 valence electrons. The zero-order valence-corrected chi connectivity index (χ0v) is 20.1. The lowest BCUT2D eigenvalue weighted by atomic mass is 9.90. The van der Waals surface area contributed by atoms with Gasteiger partial charge in [-0.2, -0.15) is 0 Å². The lowest BCUT2D eigenvalue weighted by Gasteiger charge is -2.33. The third kappa shape index (κ3) is 5.58. The van der Waals surface area contributed by atoms with Crippen LogP contribution >= 0.6 is 0 Å². The fourth-order valence-electron chi connectivity index (χ4n) is 4.83. The molecule has 1 atom stereocenters. The number of nitrogens with one attached hydrogen (secondary N) is 2. The molecule has 7 nitrogen and oxygen atoms in total. The smallest absolute Gasteiger partial charge is 0.234 e. The van der Waals surface area contributed by atoms with Crippen molar-refractivity contribution in [1.82, 2.24) is 20.1 Å². The van der Waals surface area contributed by atoms with Gasteiger partial charge in [-0.15, -0.1) is 0 Å². The lowest BCUT2D eigenvalue weighted by Crippen LogP contribution is -2.49. The highest BCUT2D eigenvalue weighted by molar-refractivity contribution is 5.84. The largest absolute Gasteiger partial charge is 0.497 e. The second kappa shape index (κ2) is 10.8. The van der Waals surface area contributed by atoms with Crippen LogP contribution in [0.1, 0.15) is 22.8 Å². The van der Waals surface area contributed by atoms with E-state index in [2.05, 4.69) is 56.6 Å². The number of para-hydroxylation sites is 1. The Balaban J connectivity index is 1.21. The third-order valence-corrected chi connectivity index (χ3v) is 6.81. The molecular weight excluding hydrogens is 440 g/mol. The summed E-state index contributed by atoms with van der Waals surface area (Å²) in [5, 5.41) is 4.38. The van der Waals surface area contributed by atoms with E-state index in [4.69, 9.17) is 9.15 Å². The van der Waals surface area contributed by atoms with Crippen molar-refractivity contribution >= 4 is 16.8 Å². The Morgan fingerprint density at radius 1 is 1.03 bits per heavy atom. The number of benzene rings is 2. The molecule has 2 N–H and O–H groups in total. The van der Waals surface area contributed by atoms with E-state index < -0.39 is 0 Å². The van der Waals surface area contributed by atoms with Gasteiger partial charge in [0.1, 0.15) is 11.5 Å². The van der Waals surface area contributed by atoms with Gasteiger partial charge in [0.25, 0.3) is 0 Å². The number of furan rings is 1. The van der Waals surface area contributed by atoms with Crippen LogP contribution in [0, 0.1) is 0 Å². The summed E-state index contributed by atoms with van der Waals surface area (Å²) >= 11 is 0. The van der Waals surface area contributed by atoms with Gasteiger partial charge in [-0.05, 0) is 41.5 Å². The first-order valence-corrected chi connectivity index (χ1v) is 12.1. The van der Waals surface area contributed by atoms with Crippen molar-refractivity contribution in [3.63, 3.8) is 0 Å². The number of nitrogens with zero attached hydrogens (tertiary/aromatic N) is 2. The molecule has 7 heteroatoms. The second-order valence-corrected chi connectivity index (χ2v) is 9.05. The van der Waals surface area contributed by atoms with Crippen LogP contribution < -0.4 is 10.1 Å². The van der Waals surface area contributed by atoms with E-state index in [1.165, 1.54) is 10.9 Å². The van der Waals surface area contributed by atoms with Gasteiger partial charge in [-0.3, -0.25) is 14.6 Å². The summed E-state index contributed by atoms with van der Waals surface area (Å²) in [6, 6.07) is 20.3. The molecule has 5 rings (SSSR count). The Bertz CT molecular complexity index is 1220. The molecule has 1 saturated heterocycles. The Hall–Kier alpha value is -3.55. The number of H-pyrrole nitrogens is 1. The number of ether oxygens (including phenoxy) is 1. The van der Waals surface area contributed by atoms with Gasteiger partial charge < -0.3 is 19.5 Å². The zero-order chi connectivity index (χ0) is 24.0. The van der Waals surface area contributed by atoms with E-state index in [9.17, 15) is 4.79 Å². The van der Waals surface area contributed by atoms with Crippen molar-refractivity contribution < 1.29 is 13.9 Å². The van der Waals surface area contributed by atoms with Crippen molar-refractivity contribution in [3.8, 4) is 5.75 Å². The van der Waals surface area contributed by atoms with Crippen molar-refractivity contribution in [3.05, 3.63) is 90.0 Å². The fourth-order valence-corrected chi connectivity index (χ4v) is 4.83. The van der Waals surface area contributed by atoms with Gasteiger partial charge in [-0.1, -0.05) is 30.3 Å². The maximum Gasteiger partial charge on any atom is 0.234 e. The SMILES string of the molecule is COc1ccc([C@H](CNC(=O)CN2CCN(Cc3ccco3)CC2)c2c[nH]c3ccccc23)cc1. The van der Waals surface area contributed by atoms with Gasteiger partial charge in [-0.25, -0.2) is 0 Å². The van der Waals surface area contributed by atoms with Crippen LogP contribution in [0.25, 0.3) is 10.9 Å². The number of piperazine rings is 1. The van der Waals surface area contributed by atoms with Crippen LogP contribution in [0.2, 0.25) is 0 Å². The summed E-state index contributed by atoms with van der Waals surface area (Å²) in [6.07, 6.45) is 3.77. The van der Waals surface area contributed by atoms with Crippen LogP contribution in [-0.2, 0) is 11.3 Å². The van der Waals surface area contributed by atoms with E-state index >= 15 is 0 Å². The predicted molar refractivity (Wildman–Crippen MR) is 137 cm³/mol. The molecule has 3 heterocycles. The Kier molecular flexibility index (Phi) is 7.16. The van der Waals surface area contributed by atoms with Gasteiger partial charge in [0, 0.05) is 55.7 Å². The number of hydrogen-bond acceptors (Lipinski definition) is 5. The second-order valence-electron chi connectivity index (χ2n) is 9.05. The number of hydrogen-bond donors (Lipinski definition) is 2. The summed E-state index contributed by atoms with van der Waals surface area (Å²) in [6.45, 7) is 5.37. The molecule has 0 aliphatic carbocycles. The van der Waals surface area contributed by atoms with Crippen LogP contribution in [0.4, 0.5) is 0 Å². The summed E-state index contributed by atoms with van der Waals surface area (Å²) < 4.78 is 10.8. The average Bonchev–Trinajstić information content (AvgIpc) is 3.56. The van der Waals surface area contributed by atoms with Gasteiger partial charge in [0.05, 0.1) is 26.5 Å². The van der Waals surface area contributed by atoms with Crippen molar-refractivity contribution in [2.24, 2.45) is 0 Å². The highest BCUT2D eigenvalue weighted by Gasteiger charge is 2.22. The number of aromatic nitrogens is 1. The van der Waals surface area contributed by atoms with Crippen molar-refractivity contribution in [2.75, 3.05) is 46.4 Å². The maximum absolute atomic E-state index is 12.9. The van der Waals surface area contributed by atoms with Crippen LogP contribution in [0.3, 0.4) is 0 Å². The predicted octanol–water partition coefficient (Wildman–Crippen LogP) is 3.84. The molecule has 0 saturated carbocycles. The highest BCUT2D eigenvalue weighted by Crippen LogP contribution is 2.31. The quantitative estimate of drug-likeness (QED) is 0.387. The Morgan fingerprint density at radius 3 is 2.54 bits per heavy atom. The molecule has 1 fully saturated rings. The highest BCUT2D eigenvalue weighted by atomic mass is 16.5. The first-order chi connectivity index (χ1) is 17.2. The average molecular weight is 473 g/mol. The van der Waals surface area contributed by atoms with E-state index in [-0.39, 0.29) is 11.8 Å². The molecule has 2 aromatic heterocycles.